The molecule has 0 spiro atoms. The van der Waals surface area contributed by atoms with Gasteiger partial charge in [-0.05, 0) is 55.9 Å². The van der Waals surface area contributed by atoms with Gasteiger partial charge in [0.05, 0.1) is 17.5 Å². The van der Waals surface area contributed by atoms with Crippen LogP contribution < -0.4 is 5.32 Å². The first-order valence-electron chi connectivity index (χ1n) is 9.72. The fourth-order valence-electron chi connectivity index (χ4n) is 3.94. The summed E-state index contributed by atoms with van der Waals surface area (Å²) in [6.07, 6.45) is -0.963. The van der Waals surface area contributed by atoms with Crippen LogP contribution in [0, 0.1) is 0 Å². The normalized spacial score (nSPS) is 13.2. The highest BCUT2D eigenvalue weighted by molar-refractivity contribution is 9.10. The number of aliphatic carboxylic acids is 1. The number of benzene rings is 3. The Morgan fingerprint density at radius 1 is 1.03 bits per heavy atom. The zero-order chi connectivity index (χ0) is 22.0. The molecular formula is C24H19BrClNO4. The topological polar surface area (TPSA) is 75.6 Å². The van der Waals surface area contributed by atoms with Gasteiger partial charge in [0.25, 0.3) is 0 Å². The Morgan fingerprint density at radius 2 is 1.65 bits per heavy atom. The summed E-state index contributed by atoms with van der Waals surface area (Å²) in [4.78, 5) is 23.9. The Hall–Kier alpha value is -2.83. The number of hydrogen-bond donors (Lipinski definition) is 2. The van der Waals surface area contributed by atoms with Crippen LogP contribution in [0.4, 0.5) is 4.79 Å². The molecule has 1 aliphatic rings. The molecule has 3 aromatic rings. The molecule has 2 N–H and O–H groups in total. The van der Waals surface area contributed by atoms with Crippen molar-refractivity contribution in [3.63, 3.8) is 0 Å². The number of halogens is 2. The predicted octanol–water partition coefficient (Wildman–Crippen LogP) is 6.16. The van der Waals surface area contributed by atoms with E-state index in [9.17, 15) is 14.7 Å². The molecule has 0 heterocycles. The van der Waals surface area contributed by atoms with E-state index < -0.39 is 18.1 Å². The van der Waals surface area contributed by atoms with Gasteiger partial charge in [0.15, 0.2) is 0 Å². The minimum Gasteiger partial charge on any atom is -0.481 e. The number of amides is 1. The Kier molecular flexibility index (Phi) is 6.30. The summed E-state index contributed by atoms with van der Waals surface area (Å²) < 4.78 is 6.23. The van der Waals surface area contributed by atoms with Crippen LogP contribution in [0.25, 0.3) is 11.1 Å². The van der Waals surface area contributed by atoms with Gasteiger partial charge >= 0.3 is 12.1 Å². The maximum absolute atomic E-state index is 12.6. The first-order valence-corrected chi connectivity index (χ1v) is 10.9. The smallest absolute Gasteiger partial charge is 0.407 e. The van der Waals surface area contributed by atoms with E-state index in [4.69, 9.17) is 16.3 Å². The molecule has 31 heavy (non-hydrogen) atoms. The third-order valence-corrected chi connectivity index (χ3v) is 6.59. The average molecular weight is 501 g/mol. The van der Waals surface area contributed by atoms with E-state index in [1.54, 1.807) is 18.2 Å². The van der Waals surface area contributed by atoms with Gasteiger partial charge in [0.2, 0.25) is 0 Å². The maximum atomic E-state index is 12.6. The summed E-state index contributed by atoms with van der Waals surface area (Å²) in [6.45, 7) is 0.154. The molecule has 1 atom stereocenters. The van der Waals surface area contributed by atoms with Gasteiger partial charge in [0.1, 0.15) is 6.61 Å². The van der Waals surface area contributed by atoms with Crippen molar-refractivity contribution in [1.82, 2.24) is 5.32 Å². The number of fused-ring (bicyclic) bond motifs is 3. The number of rotatable bonds is 6. The third-order valence-electron chi connectivity index (χ3n) is 5.36. The van der Waals surface area contributed by atoms with E-state index in [-0.39, 0.29) is 18.9 Å². The second-order valence-corrected chi connectivity index (χ2v) is 8.56. The van der Waals surface area contributed by atoms with Crippen LogP contribution in [0.5, 0.6) is 0 Å². The number of ether oxygens (including phenoxy) is 1. The lowest BCUT2D eigenvalue weighted by Gasteiger charge is -2.19. The summed E-state index contributed by atoms with van der Waals surface area (Å²) in [5, 5.41) is 12.4. The molecule has 0 radical (unpaired) electrons. The Morgan fingerprint density at radius 3 is 2.23 bits per heavy atom. The Labute approximate surface area is 193 Å². The second-order valence-electron chi connectivity index (χ2n) is 7.29. The molecule has 0 fully saturated rings. The molecular weight excluding hydrogens is 482 g/mol. The molecule has 1 aliphatic carbocycles. The highest BCUT2D eigenvalue weighted by atomic mass is 79.9. The van der Waals surface area contributed by atoms with E-state index >= 15 is 0 Å². The zero-order valence-corrected chi connectivity index (χ0v) is 18.7. The van der Waals surface area contributed by atoms with Crippen molar-refractivity contribution in [3.05, 3.63) is 92.9 Å². The van der Waals surface area contributed by atoms with E-state index in [0.29, 0.717) is 15.1 Å². The molecule has 0 saturated carbocycles. The zero-order valence-electron chi connectivity index (χ0n) is 16.3. The summed E-state index contributed by atoms with van der Waals surface area (Å²) in [7, 11) is 0. The summed E-state index contributed by atoms with van der Waals surface area (Å²) >= 11 is 9.44. The third kappa shape index (κ3) is 4.60. The molecule has 1 amide bonds. The molecule has 0 saturated heterocycles. The number of carboxylic acid groups (broad SMARTS) is 1. The lowest BCUT2D eigenvalue weighted by atomic mass is 9.98. The minimum absolute atomic E-state index is 0.0711. The lowest BCUT2D eigenvalue weighted by Crippen LogP contribution is -2.31. The molecule has 7 heteroatoms. The quantitative estimate of drug-likeness (QED) is 0.425. The molecule has 1 unspecified atom stereocenters. The molecule has 3 aromatic carbocycles. The van der Waals surface area contributed by atoms with Gasteiger partial charge in [-0.2, -0.15) is 0 Å². The van der Waals surface area contributed by atoms with Crippen molar-refractivity contribution in [1.29, 1.82) is 0 Å². The number of carbonyl (C=O) groups is 2. The fraction of sp³-hybridized carbons (Fsp3) is 0.167. The molecule has 0 aliphatic heterocycles. The SMILES string of the molecule is O=C(O)CC(NC(=O)OCC1c2ccccc2-c2ccccc21)c1ccc(Br)c(Cl)c1. The molecule has 5 nitrogen and oxygen atoms in total. The van der Waals surface area contributed by atoms with Crippen molar-refractivity contribution < 1.29 is 19.4 Å². The molecule has 0 bridgehead atoms. The van der Waals surface area contributed by atoms with Crippen molar-refractivity contribution in [2.75, 3.05) is 6.61 Å². The number of alkyl carbamates (subject to hydrolysis) is 1. The van der Waals surface area contributed by atoms with Crippen LogP contribution >= 0.6 is 27.5 Å². The van der Waals surface area contributed by atoms with Crippen molar-refractivity contribution in [2.45, 2.75) is 18.4 Å². The Balaban J connectivity index is 1.49. The summed E-state index contributed by atoms with van der Waals surface area (Å²) in [5.74, 6) is -1.11. The van der Waals surface area contributed by atoms with E-state index in [1.165, 1.54) is 0 Å². The van der Waals surface area contributed by atoms with Gasteiger partial charge in [-0.1, -0.05) is 66.2 Å². The molecule has 4 rings (SSSR count). The van der Waals surface area contributed by atoms with E-state index in [1.807, 2.05) is 36.4 Å². The van der Waals surface area contributed by atoms with Crippen LogP contribution in [-0.2, 0) is 9.53 Å². The Bertz CT molecular complexity index is 1100. The van der Waals surface area contributed by atoms with Gasteiger partial charge in [-0.3, -0.25) is 4.79 Å². The standard InChI is InChI=1S/C24H19BrClNO4/c25-20-10-9-14(11-21(20)26)22(12-23(28)29)27-24(30)31-13-19-17-7-3-1-5-15(17)16-6-2-4-8-18(16)19/h1-11,19,22H,12-13H2,(H,27,30)(H,28,29). The van der Waals surface area contributed by atoms with Gasteiger partial charge in [0, 0.05) is 10.4 Å². The van der Waals surface area contributed by atoms with Gasteiger partial charge in [-0.15, -0.1) is 0 Å². The highest BCUT2D eigenvalue weighted by Gasteiger charge is 2.29. The molecule has 0 aromatic heterocycles. The average Bonchev–Trinajstić information content (AvgIpc) is 3.07. The van der Waals surface area contributed by atoms with Crippen LogP contribution in [0.15, 0.2) is 71.2 Å². The summed E-state index contributed by atoms with van der Waals surface area (Å²) in [6, 6.07) is 20.4. The number of hydrogen-bond acceptors (Lipinski definition) is 3. The van der Waals surface area contributed by atoms with Crippen molar-refractivity contribution in [3.8, 4) is 11.1 Å². The number of carboxylic acids is 1. The molecule has 158 valence electrons. The maximum Gasteiger partial charge on any atom is 0.407 e. The largest absolute Gasteiger partial charge is 0.481 e. The minimum atomic E-state index is -1.04. The van der Waals surface area contributed by atoms with Crippen LogP contribution in [0.3, 0.4) is 0 Å². The summed E-state index contributed by atoms with van der Waals surface area (Å²) in [5.41, 5.74) is 5.08. The first-order chi connectivity index (χ1) is 14.9. The van der Waals surface area contributed by atoms with Gasteiger partial charge < -0.3 is 15.2 Å². The van der Waals surface area contributed by atoms with Crippen molar-refractivity contribution >= 4 is 39.6 Å². The van der Waals surface area contributed by atoms with Crippen LogP contribution in [0.1, 0.15) is 35.1 Å². The second kappa shape index (κ2) is 9.12. The van der Waals surface area contributed by atoms with Crippen molar-refractivity contribution in [2.24, 2.45) is 0 Å². The fourth-order valence-corrected chi connectivity index (χ4v) is 4.37. The van der Waals surface area contributed by atoms with Crippen LogP contribution in [0.2, 0.25) is 5.02 Å². The van der Waals surface area contributed by atoms with Crippen LogP contribution in [-0.4, -0.2) is 23.8 Å². The first kappa shape index (κ1) is 21.4. The monoisotopic (exact) mass is 499 g/mol. The van der Waals surface area contributed by atoms with E-state index in [0.717, 1.165) is 22.3 Å². The predicted molar refractivity (Wildman–Crippen MR) is 122 cm³/mol. The number of nitrogens with one attached hydrogen (secondary N) is 1. The highest BCUT2D eigenvalue weighted by Crippen LogP contribution is 2.44. The van der Waals surface area contributed by atoms with Gasteiger partial charge in [-0.25, -0.2) is 4.79 Å². The number of carbonyl (C=O) groups excluding carboxylic acids is 1. The van der Waals surface area contributed by atoms with E-state index in [2.05, 4.69) is 33.4 Å². The lowest BCUT2D eigenvalue weighted by molar-refractivity contribution is -0.137.